The van der Waals surface area contributed by atoms with Crippen LogP contribution < -0.4 is 11.1 Å². The Balaban J connectivity index is 2.39. The van der Waals surface area contributed by atoms with Gasteiger partial charge >= 0.3 is 6.18 Å². The standard InChI is InChI=1S/C13H11F4N3/c1-7-9(14)3-2-4-10(7)19-12-6-8(13(15,16)17)5-11(18)20-12/h2-6H,1H3,(H3,18,19,20). The zero-order valence-electron chi connectivity index (χ0n) is 10.4. The van der Waals surface area contributed by atoms with Gasteiger partial charge in [0.2, 0.25) is 0 Å². The van der Waals surface area contributed by atoms with Crippen molar-refractivity contribution in [3.8, 4) is 0 Å². The predicted molar refractivity (Wildman–Crippen MR) is 68.1 cm³/mol. The molecule has 0 saturated carbocycles. The smallest absolute Gasteiger partial charge is 0.384 e. The molecule has 0 bridgehead atoms. The van der Waals surface area contributed by atoms with Crippen LogP contribution in [0.4, 0.5) is 34.9 Å². The van der Waals surface area contributed by atoms with E-state index in [-0.39, 0.29) is 17.2 Å². The Hall–Kier alpha value is -2.31. The van der Waals surface area contributed by atoms with Gasteiger partial charge in [-0.3, -0.25) is 0 Å². The lowest BCUT2D eigenvalue weighted by atomic mass is 10.2. The van der Waals surface area contributed by atoms with E-state index in [0.29, 0.717) is 5.69 Å². The molecule has 20 heavy (non-hydrogen) atoms. The fourth-order valence-corrected chi connectivity index (χ4v) is 1.66. The van der Waals surface area contributed by atoms with Crippen molar-refractivity contribution in [1.29, 1.82) is 0 Å². The van der Waals surface area contributed by atoms with E-state index in [1.807, 2.05) is 0 Å². The zero-order chi connectivity index (χ0) is 14.9. The summed E-state index contributed by atoms with van der Waals surface area (Å²) in [5.41, 5.74) is 5.05. The molecule has 3 nitrogen and oxygen atoms in total. The van der Waals surface area contributed by atoms with E-state index in [1.165, 1.54) is 25.1 Å². The highest BCUT2D eigenvalue weighted by Crippen LogP contribution is 2.32. The lowest BCUT2D eigenvalue weighted by molar-refractivity contribution is -0.137. The number of nitrogens with zero attached hydrogens (tertiary/aromatic N) is 1. The molecule has 0 atom stereocenters. The molecule has 1 aromatic heterocycles. The first-order valence-corrected chi connectivity index (χ1v) is 5.64. The molecule has 7 heteroatoms. The van der Waals surface area contributed by atoms with Crippen LogP contribution in [0.1, 0.15) is 11.1 Å². The number of hydrogen-bond donors (Lipinski definition) is 2. The third kappa shape index (κ3) is 2.98. The topological polar surface area (TPSA) is 50.9 Å². The molecule has 106 valence electrons. The van der Waals surface area contributed by atoms with Crippen LogP contribution in [-0.4, -0.2) is 4.98 Å². The Labute approximate surface area is 112 Å². The molecule has 0 radical (unpaired) electrons. The SMILES string of the molecule is Cc1c(F)cccc1Nc1cc(C(F)(F)F)cc(N)n1. The number of alkyl halides is 3. The number of rotatable bonds is 2. The normalized spacial score (nSPS) is 11.4. The number of halogens is 4. The van der Waals surface area contributed by atoms with E-state index in [2.05, 4.69) is 10.3 Å². The van der Waals surface area contributed by atoms with Gasteiger partial charge in [-0.25, -0.2) is 9.37 Å². The summed E-state index contributed by atoms with van der Waals surface area (Å²) in [6, 6.07) is 5.80. The lowest BCUT2D eigenvalue weighted by Crippen LogP contribution is -2.08. The van der Waals surface area contributed by atoms with Crippen LogP contribution in [0.15, 0.2) is 30.3 Å². The van der Waals surface area contributed by atoms with Gasteiger partial charge in [0.05, 0.1) is 5.56 Å². The molecule has 0 amide bonds. The van der Waals surface area contributed by atoms with Crippen molar-refractivity contribution in [1.82, 2.24) is 4.98 Å². The largest absolute Gasteiger partial charge is 0.416 e. The molecule has 1 aromatic carbocycles. The maximum atomic E-state index is 13.4. The van der Waals surface area contributed by atoms with Crippen molar-refractivity contribution in [2.24, 2.45) is 0 Å². The molecule has 0 spiro atoms. The molecule has 2 rings (SSSR count). The fraction of sp³-hybridized carbons (Fsp3) is 0.154. The van der Waals surface area contributed by atoms with Crippen molar-refractivity contribution < 1.29 is 17.6 Å². The maximum Gasteiger partial charge on any atom is 0.416 e. The molecular weight excluding hydrogens is 274 g/mol. The molecule has 1 heterocycles. The van der Waals surface area contributed by atoms with E-state index in [4.69, 9.17) is 5.73 Å². The van der Waals surface area contributed by atoms with Gasteiger partial charge in [0.25, 0.3) is 0 Å². The number of anilines is 3. The van der Waals surface area contributed by atoms with Crippen LogP contribution in [0.2, 0.25) is 0 Å². The quantitative estimate of drug-likeness (QED) is 0.823. The second kappa shape index (κ2) is 4.99. The van der Waals surface area contributed by atoms with E-state index < -0.39 is 17.6 Å². The van der Waals surface area contributed by atoms with Gasteiger partial charge in [-0.15, -0.1) is 0 Å². The summed E-state index contributed by atoms with van der Waals surface area (Å²) in [6.07, 6.45) is -4.52. The Morgan fingerprint density at radius 2 is 1.90 bits per heavy atom. The molecule has 0 saturated heterocycles. The number of nitrogens with one attached hydrogen (secondary N) is 1. The zero-order valence-corrected chi connectivity index (χ0v) is 10.4. The number of aromatic nitrogens is 1. The molecular formula is C13H11F4N3. The monoisotopic (exact) mass is 285 g/mol. The Morgan fingerprint density at radius 1 is 1.20 bits per heavy atom. The summed E-state index contributed by atoms with van der Waals surface area (Å²) in [5.74, 6) is -0.822. The van der Waals surface area contributed by atoms with Gasteiger partial charge in [-0.1, -0.05) is 6.07 Å². The van der Waals surface area contributed by atoms with Gasteiger partial charge < -0.3 is 11.1 Å². The molecule has 2 aromatic rings. The van der Waals surface area contributed by atoms with E-state index in [1.54, 1.807) is 0 Å². The van der Waals surface area contributed by atoms with Crippen molar-refractivity contribution in [3.05, 3.63) is 47.3 Å². The summed E-state index contributed by atoms with van der Waals surface area (Å²) < 4.78 is 51.3. The van der Waals surface area contributed by atoms with Crippen molar-refractivity contribution in [3.63, 3.8) is 0 Å². The Bertz CT molecular complexity index is 638. The van der Waals surface area contributed by atoms with Crippen LogP contribution in [0.5, 0.6) is 0 Å². The second-order valence-electron chi connectivity index (χ2n) is 4.20. The number of nitrogen functional groups attached to an aromatic ring is 1. The number of nitrogens with two attached hydrogens (primary N) is 1. The van der Waals surface area contributed by atoms with E-state index in [9.17, 15) is 17.6 Å². The van der Waals surface area contributed by atoms with Gasteiger partial charge in [0.15, 0.2) is 0 Å². The highest BCUT2D eigenvalue weighted by Gasteiger charge is 2.31. The highest BCUT2D eigenvalue weighted by molar-refractivity contribution is 5.62. The summed E-state index contributed by atoms with van der Waals surface area (Å²) in [7, 11) is 0. The molecule has 0 fully saturated rings. The van der Waals surface area contributed by atoms with Gasteiger partial charge in [-0.2, -0.15) is 13.2 Å². The Kier molecular flexibility index (Phi) is 3.52. The minimum absolute atomic E-state index is 0.0916. The average molecular weight is 285 g/mol. The first kappa shape index (κ1) is 14.1. The first-order valence-electron chi connectivity index (χ1n) is 5.64. The van der Waals surface area contributed by atoms with Crippen LogP contribution in [-0.2, 0) is 6.18 Å². The number of benzene rings is 1. The molecule has 0 aliphatic carbocycles. The summed E-state index contributed by atoms with van der Waals surface area (Å²) in [6.45, 7) is 1.51. The first-order chi connectivity index (χ1) is 9.27. The van der Waals surface area contributed by atoms with Crippen LogP contribution >= 0.6 is 0 Å². The van der Waals surface area contributed by atoms with Crippen LogP contribution in [0.25, 0.3) is 0 Å². The summed E-state index contributed by atoms with van der Waals surface area (Å²) in [4.78, 5) is 3.76. The number of hydrogen-bond acceptors (Lipinski definition) is 3. The van der Waals surface area contributed by atoms with Crippen molar-refractivity contribution in [2.45, 2.75) is 13.1 Å². The van der Waals surface area contributed by atoms with Crippen molar-refractivity contribution >= 4 is 17.3 Å². The minimum Gasteiger partial charge on any atom is -0.384 e. The third-order valence-electron chi connectivity index (χ3n) is 2.70. The summed E-state index contributed by atoms with van der Waals surface area (Å²) in [5, 5.41) is 2.64. The molecule has 0 aliphatic heterocycles. The summed E-state index contributed by atoms with van der Waals surface area (Å²) >= 11 is 0. The molecule has 3 N–H and O–H groups in total. The maximum absolute atomic E-state index is 13.4. The van der Waals surface area contributed by atoms with Crippen LogP contribution in [0.3, 0.4) is 0 Å². The van der Waals surface area contributed by atoms with E-state index in [0.717, 1.165) is 12.1 Å². The van der Waals surface area contributed by atoms with Gasteiger partial charge in [0, 0.05) is 11.3 Å². The molecule has 0 unspecified atom stereocenters. The van der Waals surface area contributed by atoms with E-state index >= 15 is 0 Å². The fourth-order valence-electron chi connectivity index (χ4n) is 1.66. The second-order valence-corrected chi connectivity index (χ2v) is 4.20. The Morgan fingerprint density at radius 3 is 2.55 bits per heavy atom. The minimum atomic E-state index is -4.52. The van der Waals surface area contributed by atoms with Gasteiger partial charge in [0.1, 0.15) is 17.5 Å². The van der Waals surface area contributed by atoms with Gasteiger partial charge in [-0.05, 0) is 31.2 Å². The highest BCUT2D eigenvalue weighted by atomic mass is 19.4. The predicted octanol–water partition coefficient (Wildman–Crippen LogP) is 3.87. The lowest BCUT2D eigenvalue weighted by Gasteiger charge is -2.12. The molecule has 0 aliphatic rings. The average Bonchev–Trinajstić information content (AvgIpc) is 2.33. The van der Waals surface area contributed by atoms with Crippen LogP contribution in [0, 0.1) is 12.7 Å². The number of pyridine rings is 1. The van der Waals surface area contributed by atoms with Crippen molar-refractivity contribution in [2.75, 3.05) is 11.1 Å². The third-order valence-corrected chi connectivity index (χ3v) is 2.70.